The average Bonchev–Trinajstić information content (AvgIpc) is 3.52. The number of ether oxygens (including phenoxy) is 1. The zero-order chi connectivity index (χ0) is 37.3. The second-order valence-electron chi connectivity index (χ2n) is 13.9. The Bertz CT molecular complexity index is 2280. The van der Waals surface area contributed by atoms with Gasteiger partial charge in [0.15, 0.2) is 0 Å². The Morgan fingerprint density at radius 3 is 2.42 bits per heavy atom. The zero-order valence-corrected chi connectivity index (χ0v) is 29.8. The maximum atomic E-state index is 15.5. The molecule has 3 fully saturated rings. The molecule has 4 amide bonds. The fraction of sp³-hybridized carbons (Fsp3) is 0.275. The first-order chi connectivity index (χ1) is 25.5. The smallest absolute Gasteiger partial charge is 0.305 e. The number of hydrazine groups is 1. The number of methoxy groups -OCH3 is 1. The minimum atomic E-state index is -1.67. The number of phenolic OH excluding ortho intramolecular Hbond substituents is 1. The monoisotopic (exact) mass is 753 g/mol. The molecular weight excluding hydrogens is 721 g/mol. The molecule has 4 aromatic rings. The molecule has 11 nitrogen and oxygen atoms in total. The third-order valence-electron chi connectivity index (χ3n) is 11.5. The number of nitrogens with zero attached hydrogens (tertiary/aromatic N) is 2. The van der Waals surface area contributed by atoms with Gasteiger partial charge in [0.2, 0.25) is 11.8 Å². The molecule has 53 heavy (non-hydrogen) atoms. The fourth-order valence-electron chi connectivity index (χ4n) is 9.24. The molecular formula is C40H33Cl2N3O8. The van der Waals surface area contributed by atoms with Crippen molar-refractivity contribution in [2.75, 3.05) is 19.1 Å². The van der Waals surface area contributed by atoms with Gasteiger partial charge in [-0.15, -0.1) is 0 Å². The third-order valence-corrected chi connectivity index (χ3v) is 12.0. The van der Waals surface area contributed by atoms with E-state index in [2.05, 4.69) is 5.43 Å². The summed E-state index contributed by atoms with van der Waals surface area (Å²) in [5, 5.41) is 24.2. The van der Waals surface area contributed by atoms with E-state index in [1.807, 2.05) is 30.3 Å². The van der Waals surface area contributed by atoms with E-state index in [4.69, 9.17) is 27.9 Å². The van der Waals surface area contributed by atoms with Crippen LogP contribution in [-0.4, -0.2) is 63.4 Å². The number of amides is 4. The summed E-state index contributed by atoms with van der Waals surface area (Å²) in [6.07, 6.45) is 1.65. The molecule has 3 N–H and O–H groups in total. The number of halogens is 2. The molecule has 0 aromatic heterocycles. The number of aromatic hydroxyl groups is 1. The lowest BCUT2D eigenvalue weighted by Crippen LogP contribution is -2.53. The van der Waals surface area contributed by atoms with E-state index < -0.39 is 71.0 Å². The lowest BCUT2D eigenvalue weighted by atomic mass is 9.48. The van der Waals surface area contributed by atoms with E-state index in [0.717, 1.165) is 15.3 Å². The van der Waals surface area contributed by atoms with Crippen LogP contribution in [0.4, 0.5) is 5.69 Å². The SMILES string of the molecule is COc1ccc([C@@]23C(=O)N(Nc4ccc(Cl)cc4Cl)C(=O)[C@@H]2C[C@@H]2C(=CC[C@@H]4C(=O)N(CCC(=O)O)C(=O)[C@@H]42)[C@@H]3c2c(O)ccc3ccccc23)cc1. The summed E-state index contributed by atoms with van der Waals surface area (Å²) in [5.41, 5.74) is 3.10. The van der Waals surface area contributed by atoms with Gasteiger partial charge in [-0.2, -0.15) is 5.01 Å². The molecule has 13 heteroatoms. The minimum Gasteiger partial charge on any atom is -0.508 e. The van der Waals surface area contributed by atoms with Crippen molar-refractivity contribution in [2.45, 2.75) is 30.6 Å². The standard InChI is InChI=1S/C40H33Cl2N3O8/c1-53-23-10-7-21(8-11-23)40-28(37(50)45(39(40)52)43-30-14-9-22(41)18-29(30)42)19-27-25(35(40)34-24-5-3-2-4-20(24)6-15-31(34)46)12-13-26-33(27)38(51)44(36(26)49)17-16-32(47)48/h2-12,14-15,18,26-28,33,35,43,46H,13,16-17,19H2,1H3,(H,47,48)/t26-,27+,28-,33-,35+,40+/m0/s1. The number of allylic oxidation sites excluding steroid dienone is 2. The molecule has 0 spiro atoms. The van der Waals surface area contributed by atoms with Gasteiger partial charge >= 0.3 is 5.97 Å². The highest BCUT2D eigenvalue weighted by atomic mass is 35.5. The number of hydrogen-bond acceptors (Lipinski definition) is 8. The van der Waals surface area contributed by atoms with Gasteiger partial charge in [0.1, 0.15) is 11.5 Å². The van der Waals surface area contributed by atoms with Gasteiger partial charge in [-0.1, -0.05) is 77.3 Å². The second-order valence-corrected chi connectivity index (χ2v) is 14.7. The zero-order valence-electron chi connectivity index (χ0n) is 28.3. The minimum absolute atomic E-state index is 0.0178. The van der Waals surface area contributed by atoms with E-state index in [1.165, 1.54) is 13.2 Å². The van der Waals surface area contributed by atoms with E-state index >= 15 is 4.79 Å². The normalized spacial score (nSPS) is 26.3. The highest BCUT2D eigenvalue weighted by Gasteiger charge is 2.70. The van der Waals surface area contributed by atoms with Gasteiger partial charge in [-0.25, -0.2) is 0 Å². The van der Waals surface area contributed by atoms with Crippen molar-refractivity contribution in [3.05, 3.63) is 112 Å². The number of hydrogen-bond donors (Lipinski definition) is 3. The van der Waals surface area contributed by atoms with Crippen LogP contribution in [0.25, 0.3) is 10.8 Å². The van der Waals surface area contributed by atoms with E-state index in [1.54, 1.807) is 48.5 Å². The summed E-state index contributed by atoms with van der Waals surface area (Å²) in [5.74, 6) is -7.32. The van der Waals surface area contributed by atoms with Crippen LogP contribution in [0.15, 0.2) is 90.5 Å². The molecule has 0 unspecified atom stereocenters. The van der Waals surface area contributed by atoms with Gasteiger partial charge in [0.25, 0.3) is 11.8 Å². The highest BCUT2D eigenvalue weighted by Crippen LogP contribution is 2.65. The van der Waals surface area contributed by atoms with E-state index in [-0.39, 0.29) is 35.8 Å². The predicted octanol–water partition coefficient (Wildman–Crippen LogP) is 6.32. The Morgan fingerprint density at radius 2 is 1.70 bits per heavy atom. The van der Waals surface area contributed by atoms with Crippen LogP contribution in [0.2, 0.25) is 10.0 Å². The lowest BCUT2D eigenvalue weighted by Gasteiger charge is -2.51. The molecule has 4 aliphatic rings. The number of benzene rings is 4. The van der Waals surface area contributed by atoms with E-state index in [0.29, 0.717) is 32.9 Å². The molecule has 2 heterocycles. The molecule has 0 bridgehead atoms. The Labute approximate surface area is 313 Å². The van der Waals surface area contributed by atoms with Crippen molar-refractivity contribution >= 4 is 69.3 Å². The number of nitrogens with one attached hydrogen (secondary N) is 1. The van der Waals surface area contributed by atoms with Crippen LogP contribution in [0.1, 0.15) is 36.3 Å². The molecule has 2 saturated heterocycles. The highest BCUT2D eigenvalue weighted by molar-refractivity contribution is 6.36. The number of carboxylic acids is 1. The number of rotatable bonds is 8. The molecule has 0 radical (unpaired) electrons. The first-order valence-corrected chi connectivity index (χ1v) is 17.9. The Kier molecular flexibility index (Phi) is 8.46. The van der Waals surface area contributed by atoms with Gasteiger partial charge in [0, 0.05) is 23.0 Å². The Balaban J connectivity index is 1.38. The summed E-state index contributed by atoms with van der Waals surface area (Å²) in [6.45, 7) is -0.272. The average molecular weight is 755 g/mol. The van der Waals surface area contributed by atoms with Crippen LogP contribution in [-0.2, 0) is 29.4 Å². The molecule has 1 saturated carbocycles. The number of imide groups is 2. The lowest BCUT2D eigenvalue weighted by molar-refractivity contribution is -0.143. The number of anilines is 1. The van der Waals surface area contributed by atoms with Gasteiger partial charge in [-0.3, -0.25) is 34.3 Å². The molecule has 270 valence electrons. The van der Waals surface area contributed by atoms with Crippen molar-refractivity contribution < 1.29 is 38.9 Å². The number of fused-ring (bicyclic) bond motifs is 5. The van der Waals surface area contributed by atoms with Crippen molar-refractivity contribution in [3.63, 3.8) is 0 Å². The summed E-state index contributed by atoms with van der Waals surface area (Å²) >= 11 is 12.7. The van der Waals surface area contributed by atoms with Gasteiger partial charge in [0.05, 0.1) is 47.4 Å². The van der Waals surface area contributed by atoms with Crippen LogP contribution < -0.4 is 10.2 Å². The predicted molar refractivity (Wildman–Crippen MR) is 195 cm³/mol. The van der Waals surface area contributed by atoms with Crippen LogP contribution in [0, 0.1) is 23.7 Å². The number of phenols is 1. The van der Waals surface area contributed by atoms with Crippen molar-refractivity contribution in [1.29, 1.82) is 0 Å². The first-order valence-electron chi connectivity index (χ1n) is 17.2. The maximum absolute atomic E-state index is 15.5. The number of aliphatic carboxylic acids is 1. The Hall–Kier alpha value is -5.39. The third kappa shape index (κ3) is 5.20. The quantitative estimate of drug-likeness (QED) is 0.139. The number of carbonyl (C=O) groups excluding carboxylic acids is 4. The van der Waals surface area contributed by atoms with Gasteiger partial charge in [-0.05, 0) is 71.5 Å². The number of carbonyl (C=O) groups is 5. The van der Waals surface area contributed by atoms with Gasteiger partial charge < -0.3 is 14.9 Å². The van der Waals surface area contributed by atoms with Crippen molar-refractivity contribution in [1.82, 2.24) is 9.91 Å². The number of likely N-dealkylation sites (tertiary alicyclic amines) is 1. The van der Waals surface area contributed by atoms with Crippen LogP contribution in [0.5, 0.6) is 11.5 Å². The topological polar surface area (TPSA) is 154 Å². The Morgan fingerprint density at radius 1 is 0.943 bits per heavy atom. The summed E-state index contributed by atoms with van der Waals surface area (Å²) < 4.78 is 5.46. The van der Waals surface area contributed by atoms with Crippen molar-refractivity contribution in [3.8, 4) is 11.5 Å². The summed E-state index contributed by atoms with van der Waals surface area (Å²) in [4.78, 5) is 70.8. The molecule has 4 aromatic carbocycles. The largest absolute Gasteiger partial charge is 0.508 e. The van der Waals surface area contributed by atoms with Crippen LogP contribution >= 0.6 is 23.2 Å². The first kappa shape index (κ1) is 34.7. The fourth-order valence-corrected chi connectivity index (χ4v) is 9.69. The van der Waals surface area contributed by atoms with Crippen LogP contribution in [0.3, 0.4) is 0 Å². The molecule has 8 rings (SSSR count). The summed E-state index contributed by atoms with van der Waals surface area (Å²) in [6, 6.07) is 22.3. The molecule has 2 aliphatic heterocycles. The molecule has 6 atom stereocenters. The number of carboxylic acid groups (broad SMARTS) is 1. The van der Waals surface area contributed by atoms with E-state index in [9.17, 15) is 29.4 Å². The summed E-state index contributed by atoms with van der Waals surface area (Å²) in [7, 11) is 1.52. The van der Waals surface area contributed by atoms with Crippen molar-refractivity contribution in [2.24, 2.45) is 23.7 Å². The molecule has 2 aliphatic carbocycles. The second kappa shape index (κ2) is 12.9. The maximum Gasteiger partial charge on any atom is 0.305 e.